The molecule has 2 heteroatoms. The average Bonchev–Trinajstić information content (AvgIpc) is 2.41. The molecule has 1 aromatic rings. The van der Waals surface area contributed by atoms with Crippen LogP contribution in [0.25, 0.3) is 0 Å². The molecule has 0 aromatic heterocycles. The molecule has 1 heterocycles. The highest BCUT2D eigenvalue weighted by Crippen LogP contribution is 2.25. The fourth-order valence-electron chi connectivity index (χ4n) is 2.82. The van der Waals surface area contributed by atoms with Crippen molar-refractivity contribution in [2.24, 2.45) is 5.73 Å². The minimum Gasteiger partial charge on any atom is -0.320 e. The third kappa shape index (κ3) is 3.21. The van der Waals surface area contributed by atoms with Gasteiger partial charge < -0.3 is 10.6 Å². The van der Waals surface area contributed by atoms with Crippen LogP contribution in [0.5, 0.6) is 0 Å². The minimum absolute atomic E-state index is 0.291. The molecule has 0 amide bonds. The van der Waals surface area contributed by atoms with Crippen LogP contribution in [0.1, 0.15) is 31.2 Å². The normalized spacial score (nSPS) is 20.3. The van der Waals surface area contributed by atoms with Gasteiger partial charge in [-0.2, -0.15) is 0 Å². The molecule has 0 saturated carbocycles. The Balaban J connectivity index is 2.12. The number of likely N-dealkylation sites (tertiary alicyclic amines) is 1. The van der Waals surface area contributed by atoms with Crippen molar-refractivity contribution in [2.75, 3.05) is 19.6 Å². The number of hydrogen-bond acceptors (Lipinski definition) is 2. The van der Waals surface area contributed by atoms with Crippen molar-refractivity contribution < 1.29 is 0 Å². The number of nitrogens with zero attached hydrogens (tertiary/aromatic N) is 1. The maximum Gasteiger partial charge on any atom is 0.0573 e. The number of hydrogen-bond donors (Lipinski definition) is 1. The van der Waals surface area contributed by atoms with Crippen molar-refractivity contribution in [3.8, 4) is 0 Å². The highest BCUT2D eigenvalue weighted by atomic mass is 15.1. The molecule has 2 rings (SSSR count). The molecule has 1 aromatic carbocycles. The van der Waals surface area contributed by atoms with E-state index in [0.29, 0.717) is 0 Å². The van der Waals surface area contributed by atoms with Crippen LogP contribution in [0.4, 0.5) is 0 Å². The van der Waals surface area contributed by atoms with Crippen molar-refractivity contribution >= 4 is 0 Å². The first-order valence-corrected chi connectivity index (χ1v) is 6.92. The Morgan fingerprint density at radius 1 is 1.17 bits per heavy atom. The van der Waals surface area contributed by atoms with E-state index < -0.39 is 0 Å². The average molecular weight is 244 g/mol. The predicted octanol–water partition coefficient (Wildman–Crippen LogP) is 2.90. The van der Waals surface area contributed by atoms with Gasteiger partial charge in [-0.25, -0.2) is 0 Å². The molecule has 2 nitrogen and oxygen atoms in total. The first-order valence-electron chi connectivity index (χ1n) is 6.92. The molecule has 1 aliphatic heterocycles. The van der Waals surface area contributed by atoms with Gasteiger partial charge in [0.25, 0.3) is 0 Å². The Labute approximate surface area is 110 Å². The summed E-state index contributed by atoms with van der Waals surface area (Å²) in [6.45, 7) is 7.17. The van der Waals surface area contributed by atoms with Gasteiger partial charge in [0.1, 0.15) is 0 Å². The zero-order chi connectivity index (χ0) is 12.8. The maximum absolute atomic E-state index is 6.65. The van der Waals surface area contributed by atoms with Crippen LogP contribution in [0.3, 0.4) is 0 Å². The summed E-state index contributed by atoms with van der Waals surface area (Å²) in [5, 5.41) is 0. The molecule has 2 N–H and O–H groups in total. The summed E-state index contributed by atoms with van der Waals surface area (Å²) in [5.74, 6) is 0. The smallest absolute Gasteiger partial charge is 0.0573 e. The molecule has 1 saturated heterocycles. The second-order valence-electron chi connectivity index (χ2n) is 5.35. The molecule has 0 spiro atoms. The third-order valence-corrected chi connectivity index (χ3v) is 3.81. The standard InChI is InChI=1S/C16H24N2/c1-2-11-16(17,15-9-5-3-6-10-15)14-18-12-7-4-8-13-18/h2-3,5-6,9-10H,1,4,7-8,11-14,17H2. The number of piperidine rings is 1. The highest BCUT2D eigenvalue weighted by Gasteiger charge is 2.28. The molecule has 18 heavy (non-hydrogen) atoms. The van der Waals surface area contributed by atoms with E-state index >= 15 is 0 Å². The van der Waals surface area contributed by atoms with Gasteiger partial charge in [0.15, 0.2) is 0 Å². The van der Waals surface area contributed by atoms with Gasteiger partial charge in [0.2, 0.25) is 0 Å². The summed E-state index contributed by atoms with van der Waals surface area (Å²) in [7, 11) is 0. The fourth-order valence-corrected chi connectivity index (χ4v) is 2.82. The van der Waals surface area contributed by atoms with Crippen LogP contribution >= 0.6 is 0 Å². The van der Waals surface area contributed by atoms with Gasteiger partial charge in [-0.1, -0.05) is 42.8 Å². The Morgan fingerprint density at radius 3 is 2.44 bits per heavy atom. The number of rotatable bonds is 5. The van der Waals surface area contributed by atoms with Crippen LogP contribution in [-0.2, 0) is 5.54 Å². The molecular formula is C16H24N2. The SMILES string of the molecule is C=CCC(N)(CN1CCCCC1)c1ccccc1. The lowest BCUT2D eigenvalue weighted by Crippen LogP contribution is -2.48. The molecule has 1 atom stereocenters. The third-order valence-electron chi connectivity index (χ3n) is 3.81. The van der Waals surface area contributed by atoms with E-state index in [0.717, 1.165) is 13.0 Å². The van der Waals surface area contributed by atoms with Crippen LogP contribution in [0.2, 0.25) is 0 Å². The number of benzene rings is 1. The Bertz CT molecular complexity index is 368. The van der Waals surface area contributed by atoms with E-state index in [1.807, 2.05) is 12.1 Å². The van der Waals surface area contributed by atoms with Crippen molar-refractivity contribution in [3.63, 3.8) is 0 Å². The van der Waals surface area contributed by atoms with E-state index in [-0.39, 0.29) is 5.54 Å². The van der Waals surface area contributed by atoms with Gasteiger partial charge in [0.05, 0.1) is 5.54 Å². The summed E-state index contributed by atoms with van der Waals surface area (Å²) in [6.07, 6.45) is 6.74. The summed E-state index contributed by atoms with van der Waals surface area (Å²) in [6, 6.07) is 10.4. The first-order chi connectivity index (χ1) is 8.74. The molecule has 0 bridgehead atoms. The first kappa shape index (κ1) is 13.3. The van der Waals surface area contributed by atoms with E-state index in [1.54, 1.807) is 0 Å². The molecule has 98 valence electrons. The van der Waals surface area contributed by atoms with Gasteiger partial charge in [-0.05, 0) is 37.9 Å². The van der Waals surface area contributed by atoms with Crippen LogP contribution in [-0.4, -0.2) is 24.5 Å². The summed E-state index contributed by atoms with van der Waals surface area (Å²) in [5.41, 5.74) is 7.57. The van der Waals surface area contributed by atoms with Crippen LogP contribution in [0.15, 0.2) is 43.0 Å². The van der Waals surface area contributed by atoms with Gasteiger partial charge in [0, 0.05) is 6.54 Å². The van der Waals surface area contributed by atoms with Crippen LogP contribution < -0.4 is 5.73 Å². The molecular weight excluding hydrogens is 220 g/mol. The number of nitrogens with two attached hydrogens (primary N) is 1. The predicted molar refractivity (Wildman–Crippen MR) is 77.4 cm³/mol. The Kier molecular flexibility index (Phi) is 4.56. The monoisotopic (exact) mass is 244 g/mol. The fraction of sp³-hybridized carbons (Fsp3) is 0.500. The largest absolute Gasteiger partial charge is 0.320 e. The molecule has 1 unspecified atom stereocenters. The van der Waals surface area contributed by atoms with E-state index in [1.165, 1.54) is 37.9 Å². The van der Waals surface area contributed by atoms with Gasteiger partial charge >= 0.3 is 0 Å². The summed E-state index contributed by atoms with van der Waals surface area (Å²) in [4.78, 5) is 2.50. The Morgan fingerprint density at radius 2 is 1.83 bits per heavy atom. The molecule has 0 radical (unpaired) electrons. The zero-order valence-corrected chi connectivity index (χ0v) is 11.1. The second-order valence-corrected chi connectivity index (χ2v) is 5.35. The van der Waals surface area contributed by atoms with Crippen molar-refractivity contribution in [2.45, 2.75) is 31.2 Å². The second kappa shape index (κ2) is 6.17. The van der Waals surface area contributed by atoms with E-state index in [2.05, 4.69) is 35.7 Å². The van der Waals surface area contributed by atoms with Crippen molar-refractivity contribution in [1.29, 1.82) is 0 Å². The maximum atomic E-state index is 6.65. The lowest BCUT2D eigenvalue weighted by Gasteiger charge is -2.37. The summed E-state index contributed by atoms with van der Waals surface area (Å²) < 4.78 is 0. The molecule has 1 aliphatic rings. The van der Waals surface area contributed by atoms with Crippen molar-refractivity contribution in [3.05, 3.63) is 48.6 Å². The molecule has 1 fully saturated rings. The van der Waals surface area contributed by atoms with E-state index in [4.69, 9.17) is 5.73 Å². The van der Waals surface area contributed by atoms with E-state index in [9.17, 15) is 0 Å². The van der Waals surface area contributed by atoms with Gasteiger partial charge in [-0.3, -0.25) is 0 Å². The highest BCUT2D eigenvalue weighted by molar-refractivity contribution is 5.25. The topological polar surface area (TPSA) is 29.3 Å². The molecule has 0 aliphatic carbocycles. The minimum atomic E-state index is -0.291. The Hall–Kier alpha value is -1.12. The van der Waals surface area contributed by atoms with Crippen molar-refractivity contribution in [1.82, 2.24) is 4.90 Å². The summed E-state index contributed by atoms with van der Waals surface area (Å²) >= 11 is 0. The lowest BCUT2D eigenvalue weighted by atomic mass is 9.86. The van der Waals surface area contributed by atoms with Crippen LogP contribution in [0, 0.1) is 0 Å². The quantitative estimate of drug-likeness (QED) is 0.807. The zero-order valence-electron chi connectivity index (χ0n) is 11.1. The van der Waals surface area contributed by atoms with Gasteiger partial charge in [-0.15, -0.1) is 6.58 Å². The lowest BCUT2D eigenvalue weighted by molar-refractivity contribution is 0.178.